The van der Waals surface area contributed by atoms with Gasteiger partial charge >= 0.3 is 11.8 Å². The Hall–Kier alpha value is -3.67. The molecule has 0 unspecified atom stereocenters. The van der Waals surface area contributed by atoms with Crippen molar-refractivity contribution in [2.75, 3.05) is 12.4 Å². The molecule has 0 heterocycles. The van der Waals surface area contributed by atoms with Crippen molar-refractivity contribution in [1.29, 1.82) is 0 Å². The Labute approximate surface area is 204 Å². The number of aromatic hydroxyl groups is 1. The molecular formula is C21H21Cl2N5O6. The van der Waals surface area contributed by atoms with E-state index in [9.17, 15) is 24.3 Å². The van der Waals surface area contributed by atoms with Crippen LogP contribution in [0.2, 0.25) is 10.0 Å². The fraction of sp³-hybridized carbons (Fsp3) is 0.190. The lowest BCUT2D eigenvalue weighted by atomic mass is 10.0. The topological polar surface area (TPSA) is 172 Å². The number of ether oxygens (including phenoxy) is 1. The second kappa shape index (κ2) is 12.5. The van der Waals surface area contributed by atoms with Crippen LogP contribution < -0.4 is 26.7 Å². The first kappa shape index (κ1) is 26.6. The van der Waals surface area contributed by atoms with Gasteiger partial charge in [-0.05, 0) is 42.8 Å². The first-order valence-corrected chi connectivity index (χ1v) is 10.4. The van der Waals surface area contributed by atoms with Crippen LogP contribution in [-0.4, -0.2) is 41.4 Å². The van der Waals surface area contributed by atoms with E-state index in [2.05, 4.69) is 10.4 Å². The lowest BCUT2D eigenvalue weighted by molar-refractivity contribution is -0.139. The van der Waals surface area contributed by atoms with Crippen LogP contribution in [0.3, 0.4) is 0 Å². The van der Waals surface area contributed by atoms with E-state index in [4.69, 9.17) is 33.8 Å². The summed E-state index contributed by atoms with van der Waals surface area (Å²) in [7, 11) is 1.33. The molecule has 0 saturated carbocycles. The van der Waals surface area contributed by atoms with Gasteiger partial charge in [0, 0.05) is 22.7 Å². The highest BCUT2D eigenvalue weighted by Crippen LogP contribution is 2.27. The van der Waals surface area contributed by atoms with E-state index in [-0.39, 0.29) is 47.1 Å². The largest absolute Gasteiger partial charge is 0.504 e. The molecule has 11 nitrogen and oxygen atoms in total. The third-order valence-corrected chi connectivity index (χ3v) is 4.91. The molecule has 0 bridgehead atoms. The number of methoxy groups -OCH3 is 1. The minimum absolute atomic E-state index is 0.0392. The summed E-state index contributed by atoms with van der Waals surface area (Å²) in [6.45, 7) is 0. The van der Waals surface area contributed by atoms with Gasteiger partial charge in [-0.3, -0.25) is 24.6 Å². The Balaban J connectivity index is 2.13. The van der Waals surface area contributed by atoms with Gasteiger partial charge in [-0.2, -0.15) is 5.10 Å². The number of ketones is 1. The van der Waals surface area contributed by atoms with Crippen molar-refractivity contribution in [3.63, 3.8) is 0 Å². The van der Waals surface area contributed by atoms with E-state index < -0.39 is 23.5 Å². The maximum absolute atomic E-state index is 12.7. The molecule has 0 radical (unpaired) electrons. The van der Waals surface area contributed by atoms with Gasteiger partial charge in [-0.1, -0.05) is 23.2 Å². The number of nitrogens with one attached hydrogen (secondary N) is 3. The number of anilines is 1. The third kappa shape index (κ3) is 7.73. The van der Waals surface area contributed by atoms with E-state index in [1.807, 2.05) is 5.43 Å². The molecule has 0 aliphatic rings. The Bertz CT molecular complexity index is 1140. The lowest BCUT2D eigenvalue weighted by Gasteiger charge is -2.10. The zero-order valence-corrected chi connectivity index (χ0v) is 19.4. The number of hydrogen-bond donors (Lipinski definition) is 5. The van der Waals surface area contributed by atoms with Crippen molar-refractivity contribution < 1.29 is 29.0 Å². The first-order valence-electron chi connectivity index (χ1n) is 9.66. The molecule has 0 aromatic heterocycles. The number of halogens is 2. The Kier molecular flexibility index (Phi) is 9.80. The predicted octanol–water partition coefficient (Wildman–Crippen LogP) is 2.16. The molecule has 34 heavy (non-hydrogen) atoms. The summed E-state index contributed by atoms with van der Waals surface area (Å²) in [5, 5.41) is 16.8. The van der Waals surface area contributed by atoms with Crippen LogP contribution >= 0.6 is 23.2 Å². The predicted molar refractivity (Wildman–Crippen MR) is 126 cm³/mol. The number of carbonyl (C=O) groups excluding carboxylic acids is 4. The smallest absolute Gasteiger partial charge is 0.330 e. The van der Waals surface area contributed by atoms with E-state index in [1.165, 1.54) is 37.4 Å². The Morgan fingerprint density at radius 1 is 1.06 bits per heavy atom. The molecule has 0 saturated heterocycles. The van der Waals surface area contributed by atoms with Crippen LogP contribution in [-0.2, 0) is 14.4 Å². The summed E-state index contributed by atoms with van der Waals surface area (Å²) in [5.74, 6) is 1.67. The molecule has 0 fully saturated rings. The van der Waals surface area contributed by atoms with Gasteiger partial charge in [0.1, 0.15) is 0 Å². The molecule has 2 rings (SSSR count). The summed E-state index contributed by atoms with van der Waals surface area (Å²) < 4.78 is 4.99. The number of nitrogens with zero attached hydrogens (tertiary/aromatic N) is 1. The molecule has 0 spiro atoms. The molecule has 0 aliphatic carbocycles. The fourth-order valence-corrected chi connectivity index (χ4v) is 3.09. The van der Waals surface area contributed by atoms with Crippen LogP contribution in [0, 0.1) is 0 Å². The van der Waals surface area contributed by atoms with Gasteiger partial charge in [0.25, 0.3) is 0 Å². The molecule has 2 aromatic carbocycles. The van der Waals surface area contributed by atoms with E-state index in [0.29, 0.717) is 10.7 Å². The van der Waals surface area contributed by atoms with E-state index >= 15 is 0 Å². The number of Topliss-reactive ketones (excluding diaryl/α,β-unsaturated/α-hetero) is 1. The summed E-state index contributed by atoms with van der Waals surface area (Å²) in [4.78, 5) is 48.0. The molecule has 13 heteroatoms. The summed E-state index contributed by atoms with van der Waals surface area (Å²) in [5.41, 5.74) is 4.28. The highest BCUT2D eigenvalue weighted by atomic mass is 35.5. The van der Waals surface area contributed by atoms with Crippen molar-refractivity contribution in [3.8, 4) is 11.5 Å². The second-order valence-electron chi connectivity index (χ2n) is 6.75. The number of phenols is 1. The maximum atomic E-state index is 12.7. The molecule has 6 N–H and O–H groups in total. The van der Waals surface area contributed by atoms with Crippen LogP contribution in [0.5, 0.6) is 11.5 Å². The zero-order valence-electron chi connectivity index (χ0n) is 17.9. The number of nitrogens with two attached hydrogens (primary N) is 1. The van der Waals surface area contributed by atoms with Crippen molar-refractivity contribution >= 4 is 58.1 Å². The van der Waals surface area contributed by atoms with Crippen LogP contribution in [0.4, 0.5) is 5.69 Å². The molecule has 180 valence electrons. The SMILES string of the molecule is COc1cc(C(=O)C/C(CCC(=O)Nc2ccc(Cl)cc2Cl)=N\NC(=O)C(=O)NN)ccc1O. The number of benzene rings is 2. The normalized spacial score (nSPS) is 10.9. The number of rotatable bonds is 9. The van der Waals surface area contributed by atoms with Crippen molar-refractivity contribution in [2.24, 2.45) is 10.9 Å². The monoisotopic (exact) mass is 509 g/mol. The second-order valence-corrected chi connectivity index (χ2v) is 7.59. The minimum atomic E-state index is -1.16. The number of carbonyl (C=O) groups is 4. The number of hydrazone groups is 1. The highest BCUT2D eigenvalue weighted by molar-refractivity contribution is 6.36. The molecule has 0 aliphatic heterocycles. The summed E-state index contributed by atoms with van der Waals surface area (Å²) in [6.07, 6.45) is -0.459. The number of hydrazine groups is 1. The third-order valence-electron chi connectivity index (χ3n) is 4.37. The molecule has 2 aromatic rings. The molecular weight excluding hydrogens is 489 g/mol. The number of amides is 3. The van der Waals surface area contributed by atoms with Gasteiger partial charge in [-0.25, -0.2) is 11.3 Å². The van der Waals surface area contributed by atoms with Gasteiger partial charge < -0.3 is 15.2 Å². The van der Waals surface area contributed by atoms with E-state index in [0.717, 1.165) is 0 Å². The van der Waals surface area contributed by atoms with Gasteiger partial charge in [0.05, 0.1) is 24.2 Å². The highest BCUT2D eigenvalue weighted by Gasteiger charge is 2.17. The van der Waals surface area contributed by atoms with Crippen LogP contribution in [0.1, 0.15) is 29.6 Å². The molecule has 0 atom stereocenters. The summed E-state index contributed by atoms with van der Waals surface area (Å²) in [6, 6.07) is 8.57. The van der Waals surface area contributed by atoms with Gasteiger partial charge in [0.15, 0.2) is 17.3 Å². The first-order chi connectivity index (χ1) is 16.1. The van der Waals surface area contributed by atoms with Crippen molar-refractivity contribution in [1.82, 2.24) is 10.9 Å². The summed E-state index contributed by atoms with van der Waals surface area (Å²) >= 11 is 11.9. The van der Waals surface area contributed by atoms with Crippen LogP contribution in [0.25, 0.3) is 0 Å². The maximum Gasteiger partial charge on any atom is 0.330 e. The van der Waals surface area contributed by atoms with Gasteiger partial charge in [0.2, 0.25) is 5.91 Å². The quantitative estimate of drug-likeness (QED) is 0.0859. The minimum Gasteiger partial charge on any atom is -0.504 e. The Morgan fingerprint density at radius 2 is 1.79 bits per heavy atom. The lowest BCUT2D eigenvalue weighted by Crippen LogP contribution is -2.41. The van der Waals surface area contributed by atoms with Crippen molar-refractivity contribution in [2.45, 2.75) is 19.3 Å². The zero-order chi connectivity index (χ0) is 25.3. The number of hydrogen-bond acceptors (Lipinski definition) is 8. The average Bonchev–Trinajstić information content (AvgIpc) is 2.81. The molecule has 3 amide bonds. The standard InChI is InChI=1S/C21H21Cl2N5O6/c1-34-18-8-11(2-6-16(18)29)17(30)10-13(27-28-21(33)20(32)26-24)4-7-19(31)25-15-5-3-12(22)9-14(15)23/h2-3,5-6,8-9,29H,4,7,10,24H2,1H3,(H,25,31)(H,26,32)(H,28,33)/b27-13-. The average molecular weight is 510 g/mol. The van der Waals surface area contributed by atoms with E-state index in [1.54, 1.807) is 11.5 Å². The van der Waals surface area contributed by atoms with Crippen LogP contribution in [0.15, 0.2) is 41.5 Å². The van der Waals surface area contributed by atoms with Gasteiger partial charge in [-0.15, -0.1) is 0 Å². The number of phenolic OH excluding ortho intramolecular Hbond substituents is 1. The Morgan fingerprint density at radius 3 is 2.44 bits per heavy atom. The van der Waals surface area contributed by atoms with Crippen molar-refractivity contribution in [3.05, 3.63) is 52.0 Å². The fourth-order valence-electron chi connectivity index (χ4n) is 2.63.